The van der Waals surface area contributed by atoms with Gasteiger partial charge in [-0.15, -0.1) is 0 Å². The van der Waals surface area contributed by atoms with Crippen LogP contribution in [0.1, 0.15) is 39.2 Å². The lowest BCUT2D eigenvalue weighted by Gasteiger charge is -2.20. The molecule has 0 heterocycles. The van der Waals surface area contributed by atoms with Crippen molar-refractivity contribution in [2.24, 2.45) is 4.99 Å². The summed E-state index contributed by atoms with van der Waals surface area (Å²) in [6.07, 6.45) is 0. The molecule has 0 spiro atoms. The maximum atomic E-state index is 11.9. The van der Waals surface area contributed by atoms with Gasteiger partial charge in [-0.05, 0) is 33.3 Å². The molecule has 1 aromatic rings. The van der Waals surface area contributed by atoms with Gasteiger partial charge in [0.2, 0.25) is 5.91 Å². The monoisotopic (exact) mass is 334 g/mol. The van der Waals surface area contributed by atoms with Crippen molar-refractivity contribution < 1.29 is 9.90 Å². The highest BCUT2D eigenvalue weighted by Crippen LogP contribution is 2.13. The van der Waals surface area contributed by atoms with Crippen molar-refractivity contribution in [3.8, 4) is 0 Å². The summed E-state index contributed by atoms with van der Waals surface area (Å²) >= 11 is 0. The number of hydrogen-bond donors (Lipinski definition) is 4. The normalized spacial score (nSPS) is 13.3. The van der Waals surface area contributed by atoms with Gasteiger partial charge in [0.05, 0.1) is 6.61 Å². The van der Waals surface area contributed by atoms with Crippen molar-refractivity contribution in [2.75, 3.05) is 26.2 Å². The molecule has 4 N–H and O–H groups in total. The number of carbonyl (C=O) groups excluding carboxylic acids is 1. The van der Waals surface area contributed by atoms with Crippen LogP contribution in [0.3, 0.4) is 0 Å². The van der Waals surface area contributed by atoms with Crippen molar-refractivity contribution >= 4 is 11.9 Å². The van der Waals surface area contributed by atoms with Gasteiger partial charge >= 0.3 is 0 Å². The van der Waals surface area contributed by atoms with Gasteiger partial charge in [-0.2, -0.15) is 0 Å². The summed E-state index contributed by atoms with van der Waals surface area (Å²) in [4.78, 5) is 16.2. The summed E-state index contributed by atoms with van der Waals surface area (Å²) in [6.45, 7) is 9.10. The van der Waals surface area contributed by atoms with E-state index >= 15 is 0 Å². The third kappa shape index (κ3) is 7.97. The molecule has 0 aliphatic heterocycles. The van der Waals surface area contributed by atoms with E-state index in [0.29, 0.717) is 19.0 Å². The zero-order valence-electron chi connectivity index (χ0n) is 15.1. The first-order valence-electron chi connectivity index (χ1n) is 8.34. The minimum atomic E-state index is -0.270. The number of nitrogens with zero attached hydrogens (tertiary/aromatic N) is 1. The third-order valence-electron chi connectivity index (χ3n) is 3.25. The smallest absolute Gasteiger partial charge is 0.242 e. The van der Waals surface area contributed by atoms with Gasteiger partial charge in [0.25, 0.3) is 0 Å². The van der Waals surface area contributed by atoms with E-state index in [9.17, 15) is 9.90 Å². The largest absolute Gasteiger partial charge is 0.396 e. The Bertz CT molecular complexity index is 524. The van der Waals surface area contributed by atoms with E-state index in [-0.39, 0.29) is 30.5 Å². The zero-order valence-corrected chi connectivity index (χ0v) is 15.1. The maximum Gasteiger partial charge on any atom is 0.242 e. The maximum absolute atomic E-state index is 11.9. The Balaban J connectivity index is 2.61. The molecule has 1 amide bonds. The number of hydrogen-bond acceptors (Lipinski definition) is 3. The van der Waals surface area contributed by atoms with Gasteiger partial charge in [0, 0.05) is 24.5 Å². The van der Waals surface area contributed by atoms with Crippen LogP contribution >= 0.6 is 0 Å². The fourth-order valence-electron chi connectivity index (χ4n) is 2.18. The van der Waals surface area contributed by atoms with Crippen LogP contribution in [0.4, 0.5) is 0 Å². The van der Waals surface area contributed by atoms with E-state index in [4.69, 9.17) is 0 Å². The Morgan fingerprint density at radius 3 is 2.42 bits per heavy atom. The first-order chi connectivity index (χ1) is 11.4. The molecule has 24 heavy (non-hydrogen) atoms. The van der Waals surface area contributed by atoms with Gasteiger partial charge in [-0.25, -0.2) is 4.99 Å². The number of amides is 1. The van der Waals surface area contributed by atoms with Gasteiger partial charge in [0.1, 0.15) is 6.54 Å². The fraction of sp³-hybridized carbons (Fsp3) is 0.556. The quantitative estimate of drug-likeness (QED) is 0.446. The molecule has 0 aliphatic rings. The Hall–Kier alpha value is -2.08. The summed E-state index contributed by atoms with van der Waals surface area (Å²) in [5.41, 5.74) is 0.794. The molecule has 0 aliphatic carbocycles. The van der Waals surface area contributed by atoms with E-state index in [0.717, 1.165) is 5.56 Å². The Morgan fingerprint density at radius 1 is 1.21 bits per heavy atom. The number of nitrogens with one attached hydrogen (secondary N) is 3. The molecule has 1 atom stereocenters. The summed E-state index contributed by atoms with van der Waals surface area (Å²) in [5.74, 6) is 0.413. The van der Waals surface area contributed by atoms with Gasteiger partial charge in [-0.1, -0.05) is 30.3 Å². The molecule has 6 heteroatoms. The lowest BCUT2D eigenvalue weighted by molar-refractivity contribution is -0.121. The molecule has 1 rings (SSSR count). The molecule has 0 aromatic heterocycles. The van der Waals surface area contributed by atoms with E-state index in [1.54, 1.807) is 0 Å². The van der Waals surface area contributed by atoms with Crippen LogP contribution in [0.25, 0.3) is 0 Å². The molecular weight excluding hydrogens is 304 g/mol. The molecule has 0 bridgehead atoms. The standard InChI is InChI=1S/C18H30N4O2/c1-5-19-17(21-12-16(24)22-18(2,3)4)20-11-15(13-23)14-9-7-6-8-10-14/h6-10,15,23H,5,11-13H2,1-4H3,(H,22,24)(H2,19,20,21). The van der Waals surface area contributed by atoms with Crippen molar-refractivity contribution in [3.63, 3.8) is 0 Å². The number of aliphatic hydroxyl groups is 1. The average molecular weight is 334 g/mol. The number of guanidine groups is 1. The number of carbonyl (C=O) groups is 1. The van der Waals surface area contributed by atoms with Crippen LogP contribution in [0.2, 0.25) is 0 Å². The summed E-state index contributed by atoms with van der Waals surface area (Å²) < 4.78 is 0. The van der Waals surface area contributed by atoms with E-state index < -0.39 is 0 Å². The number of aliphatic hydroxyl groups excluding tert-OH is 1. The summed E-state index contributed by atoms with van der Waals surface area (Å²) in [5, 5.41) is 18.8. The Kier molecular flexibility index (Phi) is 8.26. The van der Waals surface area contributed by atoms with Gasteiger partial charge in [-0.3, -0.25) is 4.79 Å². The highest BCUT2D eigenvalue weighted by atomic mass is 16.3. The van der Waals surface area contributed by atoms with Crippen molar-refractivity contribution in [1.29, 1.82) is 0 Å². The van der Waals surface area contributed by atoms with Crippen molar-refractivity contribution in [3.05, 3.63) is 35.9 Å². The SMILES string of the molecule is CCNC(=NCC(=O)NC(C)(C)C)NCC(CO)c1ccccc1. The van der Waals surface area contributed by atoms with Crippen LogP contribution < -0.4 is 16.0 Å². The first kappa shape index (κ1) is 20.0. The molecule has 6 nitrogen and oxygen atoms in total. The van der Waals surface area contributed by atoms with Gasteiger partial charge < -0.3 is 21.1 Å². The number of rotatable bonds is 7. The lowest BCUT2D eigenvalue weighted by atomic mass is 10.0. The summed E-state index contributed by atoms with van der Waals surface area (Å²) in [6, 6.07) is 9.83. The predicted octanol–water partition coefficient (Wildman–Crippen LogP) is 1.23. The van der Waals surface area contributed by atoms with Gasteiger partial charge in [0.15, 0.2) is 5.96 Å². The van der Waals surface area contributed by atoms with Crippen LogP contribution in [0.15, 0.2) is 35.3 Å². The second kappa shape index (κ2) is 9.93. The van der Waals surface area contributed by atoms with Crippen LogP contribution in [0.5, 0.6) is 0 Å². The molecule has 0 fully saturated rings. The van der Waals surface area contributed by atoms with E-state index in [1.807, 2.05) is 58.0 Å². The number of aliphatic imine (C=N–C) groups is 1. The molecule has 134 valence electrons. The van der Waals surface area contributed by atoms with Crippen molar-refractivity contribution in [2.45, 2.75) is 39.2 Å². The minimum absolute atomic E-state index is 0.0292. The second-order valence-electron chi connectivity index (χ2n) is 6.66. The van der Waals surface area contributed by atoms with Crippen LogP contribution in [-0.4, -0.2) is 48.8 Å². The van der Waals surface area contributed by atoms with E-state index in [2.05, 4.69) is 20.9 Å². The lowest BCUT2D eigenvalue weighted by Crippen LogP contribution is -2.43. The average Bonchev–Trinajstić information content (AvgIpc) is 2.52. The molecule has 1 aromatic carbocycles. The Morgan fingerprint density at radius 2 is 1.88 bits per heavy atom. The number of benzene rings is 1. The van der Waals surface area contributed by atoms with E-state index in [1.165, 1.54) is 0 Å². The third-order valence-corrected chi connectivity index (χ3v) is 3.25. The Labute approximate surface area is 144 Å². The minimum Gasteiger partial charge on any atom is -0.396 e. The fourth-order valence-corrected chi connectivity index (χ4v) is 2.18. The molecule has 1 unspecified atom stereocenters. The highest BCUT2D eigenvalue weighted by molar-refractivity contribution is 5.85. The first-order valence-corrected chi connectivity index (χ1v) is 8.34. The molecule has 0 saturated carbocycles. The second-order valence-corrected chi connectivity index (χ2v) is 6.66. The molecule has 0 saturated heterocycles. The topological polar surface area (TPSA) is 85.8 Å². The van der Waals surface area contributed by atoms with Crippen molar-refractivity contribution in [1.82, 2.24) is 16.0 Å². The van der Waals surface area contributed by atoms with Crippen LogP contribution in [-0.2, 0) is 4.79 Å². The summed E-state index contributed by atoms with van der Waals surface area (Å²) in [7, 11) is 0. The molecular formula is C18H30N4O2. The highest BCUT2D eigenvalue weighted by Gasteiger charge is 2.14. The molecule has 0 radical (unpaired) electrons. The zero-order chi connectivity index (χ0) is 18.0. The van der Waals surface area contributed by atoms with Crippen LogP contribution in [0, 0.1) is 0 Å². The predicted molar refractivity (Wildman–Crippen MR) is 98.1 cm³/mol.